The zero-order valence-corrected chi connectivity index (χ0v) is 11.9. The Kier molecular flexibility index (Phi) is 3.20. The largest absolute Gasteiger partial charge is 0.296 e. The molecule has 0 atom stereocenters. The van der Waals surface area contributed by atoms with Crippen molar-refractivity contribution >= 4 is 22.5 Å². The van der Waals surface area contributed by atoms with Gasteiger partial charge in [-0.05, 0) is 30.5 Å². The van der Waals surface area contributed by atoms with E-state index in [1.807, 2.05) is 6.92 Å². The number of benzene rings is 1. The molecule has 0 bridgehead atoms. The molecule has 0 aliphatic carbocycles. The highest BCUT2D eigenvalue weighted by Gasteiger charge is 2.16. The Morgan fingerprint density at radius 3 is 2.61 bits per heavy atom. The molecule has 18 heavy (non-hydrogen) atoms. The minimum Gasteiger partial charge on any atom is -0.296 e. The van der Waals surface area contributed by atoms with Crippen molar-refractivity contribution in [2.45, 2.75) is 34.2 Å². The number of halogens is 1. The monoisotopic (exact) mass is 264 g/mol. The lowest BCUT2D eigenvalue weighted by Gasteiger charge is -2.21. The van der Waals surface area contributed by atoms with Crippen molar-refractivity contribution < 1.29 is 0 Å². The summed E-state index contributed by atoms with van der Waals surface area (Å²) in [5.41, 5.74) is 0.713. The van der Waals surface area contributed by atoms with E-state index >= 15 is 0 Å². The minimum atomic E-state index is -0.0186. The molecule has 2 rings (SSSR count). The fraction of sp³-hybridized carbons (Fsp3) is 0.429. The number of aromatic nitrogens is 2. The Hall–Kier alpha value is -1.35. The van der Waals surface area contributed by atoms with Gasteiger partial charge in [0.2, 0.25) is 0 Å². The van der Waals surface area contributed by atoms with E-state index in [9.17, 15) is 4.79 Å². The Labute approximate surface area is 111 Å². The van der Waals surface area contributed by atoms with Gasteiger partial charge in [-0.2, -0.15) is 0 Å². The zero-order chi connectivity index (χ0) is 13.5. The lowest BCUT2D eigenvalue weighted by molar-refractivity contribution is 0.333. The molecule has 1 heterocycles. The summed E-state index contributed by atoms with van der Waals surface area (Å²) in [5, 5.41) is 1.14. The molecule has 0 aliphatic rings. The fourth-order valence-corrected chi connectivity index (χ4v) is 2.14. The van der Waals surface area contributed by atoms with E-state index in [4.69, 9.17) is 11.6 Å². The average Bonchev–Trinajstić information content (AvgIpc) is 2.24. The van der Waals surface area contributed by atoms with Gasteiger partial charge in [0, 0.05) is 11.6 Å². The number of fused-ring (bicyclic) bond motifs is 1. The van der Waals surface area contributed by atoms with Crippen molar-refractivity contribution in [1.29, 1.82) is 0 Å². The van der Waals surface area contributed by atoms with Crippen LogP contribution in [0.3, 0.4) is 0 Å². The number of nitrogens with zero attached hydrogens (tertiary/aromatic N) is 2. The fourth-order valence-electron chi connectivity index (χ4n) is 1.96. The molecule has 0 N–H and O–H groups in total. The van der Waals surface area contributed by atoms with E-state index in [0.717, 1.165) is 5.82 Å². The number of hydrogen-bond acceptors (Lipinski definition) is 2. The number of rotatable bonds is 1. The predicted octanol–water partition coefficient (Wildman–Crippen LogP) is 3.40. The van der Waals surface area contributed by atoms with Crippen LogP contribution in [0, 0.1) is 12.3 Å². The molecule has 1 aromatic heterocycles. The summed E-state index contributed by atoms with van der Waals surface area (Å²) in [6.45, 7) is 8.80. The molecule has 0 fully saturated rings. The molecule has 0 unspecified atom stereocenters. The van der Waals surface area contributed by atoms with Crippen LogP contribution in [0.2, 0.25) is 5.02 Å². The second kappa shape index (κ2) is 4.39. The first-order valence-electron chi connectivity index (χ1n) is 5.95. The van der Waals surface area contributed by atoms with Crippen LogP contribution in [0.5, 0.6) is 0 Å². The van der Waals surface area contributed by atoms with Gasteiger partial charge in [-0.15, -0.1) is 0 Å². The summed E-state index contributed by atoms with van der Waals surface area (Å²) in [7, 11) is 0. The second-order valence-corrected chi connectivity index (χ2v) is 6.21. The highest BCUT2D eigenvalue weighted by molar-refractivity contribution is 6.31. The van der Waals surface area contributed by atoms with Gasteiger partial charge >= 0.3 is 0 Å². The first-order chi connectivity index (χ1) is 8.28. The molecule has 0 aliphatic heterocycles. The molecular weight excluding hydrogens is 248 g/mol. The lowest BCUT2D eigenvalue weighted by atomic mass is 9.96. The van der Waals surface area contributed by atoms with Crippen LogP contribution < -0.4 is 5.56 Å². The molecule has 0 saturated carbocycles. The lowest BCUT2D eigenvalue weighted by Crippen LogP contribution is -2.29. The molecule has 1 aromatic carbocycles. The quantitative estimate of drug-likeness (QED) is 0.791. The van der Waals surface area contributed by atoms with E-state index in [-0.39, 0.29) is 11.0 Å². The van der Waals surface area contributed by atoms with Crippen LogP contribution in [-0.4, -0.2) is 9.55 Å². The third-order valence-electron chi connectivity index (χ3n) is 2.74. The van der Waals surface area contributed by atoms with E-state index in [0.29, 0.717) is 22.5 Å². The maximum absolute atomic E-state index is 12.4. The molecule has 96 valence electrons. The van der Waals surface area contributed by atoms with E-state index in [1.165, 1.54) is 0 Å². The van der Waals surface area contributed by atoms with Gasteiger partial charge in [-0.25, -0.2) is 4.98 Å². The Morgan fingerprint density at radius 1 is 1.33 bits per heavy atom. The molecular formula is C14H17ClN2O. The first kappa shape index (κ1) is 13.1. The summed E-state index contributed by atoms with van der Waals surface area (Å²) >= 11 is 5.94. The van der Waals surface area contributed by atoms with Crippen molar-refractivity contribution in [2.75, 3.05) is 0 Å². The molecule has 4 heteroatoms. The summed E-state index contributed by atoms with van der Waals surface area (Å²) in [5.74, 6) is 0.741. The number of hydrogen-bond donors (Lipinski definition) is 0. The highest BCUT2D eigenvalue weighted by Crippen LogP contribution is 2.19. The summed E-state index contributed by atoms with van der Waals surface area (Å²) in [6, 6.07) is 5.22. The molecule has 0 radical (unpaired) electrons. The molecule has 0 amide bonds. The number of aryl methyl sites for hydroxylation is 1. The van der Waals surface area contributed by atoms with Crippen LogP contribution in [-0.2, 0) is 6.54 Å². The van der Waals surface area contributed by atoms with Gasteiger partial charge in [-0.3, -0.25) is 9.36 Å². The van der Waals surface area contributed by atoms with Crippen LogP contribution in [0.4, 0.5) is 0 Å². The van der Waals surface area contributed by atoms with Crippen molar-refractivity contribution in [3.05, 3.63) is 39.4 Å². The Morgan fingerprint density at radius 2 is 2.00 bits per heavy atom. The first-order valence-corrected chi connectivity index (χ1v) is 6.32. The Bertz CT molecular complexity index is 653. The maximum atomic E-state index is 12.4. The van der Waals surface area contributed by atoms with Crippen molar-refractivity contribution in [2.24, 2.45) is 5.41 Å². The van der Waals surface area contributed by atoms with E-state index < -0.39 is 0 Å². The summed E-state index contributed by atoms with van der Waals surface area (Å²) in [4.78, 5) is 16.9. The van der Waals surface area contributed by atoms with Gasteiger partial charge in [0.1, 0.15) is 5.82 Å². The molecule has 0 spiro atoms. The molecule has 0 saturated heterocycles. The van der Waals surface area contributed by atoms with Crippen LogP contribution >= 0.6 is 11.6 Å². The summed E-state index contributed by atoms with van der Waals surface area (Å²) in [6.07, 6.45) is 0. The topological polar surface area (TPSA) is 34.9 Å². The minimum absolute atomic E-state index is 0.0186. The third kappa shape index (κ3) is 2.56. The van der Waals surface area contributed by atoms with Gasteiger partial charge in [0.15, 0.2) is 0 Å². The van der Waals surface area contributed by atoms with Gasteiger partial charge in [-0.1, -0.05) is 32.4 Å². The molecule has 2 aromatic rings. The highest BCUT2D eigenvalue weighted by atomic mass is 35.5. The summed E-state index contributed by atoms with van der Waals surface area (Å²) < 4.78 is 1.72. The predicted molar refractivity (Wildman–Crippen MR) is 75.2 cm³/mol. The molecule has 3 nitrogen and oxygen atoms in total. The normalized spacial score (nSPS) is 12.1. The van der Waals surface area contributed by atoms with Gasteiger partial charge in [0.05, 0.1) is 10.9 Å². The SMILES string of the molecule is Cc1nc2ccc(Cl)cc2c(=O)n1CC(C)(C)C. The van der Waals surface area contributed by atoms with Crippen LogP contribution in [0.25, 0.3) is 10.9 Å². The van der Waals surface area contributed by atoms with E-state index in [1.54, 1.807) is 22.8 Å². The van der Waals surface area contributed by atoms with Crippen LogP contribution in [0.1, 0.15) is 26.6 Å². The maximum Gasteiger partial charge on any atom is 0.261 e. The van der Waals surface area contributed by atoms with Crippen LogP contribution in [0.15, 0.2) is 23.0 Å². The zero-order valence-electron chi connectivity index (χ0n) is 11.1. The van der Waals surface area contributed by atoms with Gasteiger partial charge < -0.3 is 0 Å². The van der Waals surface area contributed by atoms with Gasteiger partial charge in [0.25, 0.3) is 5.56 Å². The standard InChI is InChI=1S/C14H17ClN2O/c1-9-16-12-6-5-10(15)7-11(12)13(18)17(9)8-14(2,3)4/h5-7H,8H2,1-4H3. The average molecular weight is 265 g/mol. The Balaban J connectivity index is 2.71. The smallest absolute Gasteiger partial charge is 0.261 e. The van der Waals surface area contributed by atoms with Crippen molar-refractivity contribution in [3.8, 4) is 0 Å². The van der Waals surface area contributed by atoms with Crippen molar-refractivity contribution in [3.63, 3.8) is 0 Å². The van der Waals surface area contributed by atoms with Crippen molar-refractivity contribution in [1.82, 2.24) is 9.55 Å². The third-order valence-corrected chi connectivity index (χ3v) is 2.97. The van der Waals surface area contributed by atoms with E-state index in [2.05, 4.69) is 25.8 Å². The second-order valence-electron chi connectivity index (χ2n) is 5.77.